The van der Waals surface area contributed by atoms with Gasteiger partial charge in [-0.15, -0.1) is 0 Å². The number of halogens is 1. The third kappa shape index (κ3) is 1.80. The average Bonchev–Trinajstić information content (AvgIpc) is 2.15. The van der Waals surface area contributed by atoms with E-state index in [1.807, 2.05) is 0 Å². The van der Waals surface area contributed by atoms with Gasteiger partial charge in [-0.2, -0.15) is 4.39 Å². The van der Waals surface area contributed by atoms with Crippen molar-refractivity contribution in [3.05, 3.63) is 39.2 Å². The molecule has 0 saturated heterocycles. The highest BCUT2D eigenvalue weighted by Gasteiger charge is 2.30. The lowest BCUT2D eigenvalue weighted by molar-refractivity contribution is -0.387. The van der Waals surface area contributed by atoms with E-state index in [-0.39, 0.29) is 0 Å². The van der Waals surface area contributed by atoms with Crippen LogP contribution in [0, 0.1) is 15.9 Å². The van der Waals surface area contributed by atoms with Gasteiger partial charge in [0.05, 0.1) is 10.5 Å². The van der Waals surface area contributed by atoms with Crippen LogP contribution in [0.2, 0.25) is 0 Å². The first-order chi connectivity index (χ1) is 7.36. The number of nitro benzene ring substituents is 1. The number of carbonyl (C=O) groups is 2. The Morgan fingerprint density at radius 1 is 1.25 bits per heavy atom. The molecule has 0 amide bonds. The van der Waals surface area contributed by atoms with Crippen LogP contribution in [0.25, 0.3) is 0 Å². The molecule has 0 aromatic heterocycles. The largest absolute Gasteiger partial charge is 0.478 e. The van der Waals surface area contributed by atoms with Crippen LogP contribution in [0.3, 0.4) is 0 Å². The highest BCUT2D eigenvalue weighted by molar-refractivity contribution is 6.04. The molecule has 1 aromatic carbocycles. The molecular weight excluding hydrogens is 225 g/mol. The number of rotatable bonds is 3. The molecule has 0 aliphatic heterocycles. The first kappa shape index (κ1) is 11.6. The van der Waals surface area contributed by atoms with E-state index in [1.54, 1.807) is 0 Å². The molecule has 0 atom stereocenters. The van der Waals surface area contributed by atoms with E-state index < -0.39 is 39.5 Å². The van der Waals surface area contributed by atoms with Crippen molar-refractivity contribution in [1.29, 1.82) is 0 Å². The summed E-state index contributed by atoms with van der Waals surface area (Å²) in [7, 11) is 0. The SMILES string of the molecule is O=C(O)c1ccc(F)c([N+](=O)[O-])c1C(=O)O. The van der Waals surface area contributed by atoms with Gasteiger partial charge in [-0.3, -0.25) is 10.1 Å². The fourth-order valence-corrected chi connectivity index (χ4v) is 1.14. The number of aromatic carboxylic acids is 2. The molecule has 8 heteroatoms. The predicted molar refractivity (Wildman–Crippen MR) is 47.0 cm³/mol. The van der Waals surface area contributed by atoms with Gasteiger partial charge in [0.2, 0.25) is 5.82 Å². The van der Waals surface area contributed by atoms with Crippen LogP contribution in [-0.2, 0) is 0 Å². The van der Waals surface area contributed by atoms with Crippen molar-refractivity contribution in [2.45, 2.75) is 0 Å². The Labute approximate surface area is 86.9 Å². The van der Waals surface area contributed by atoms with E-state index in [9.17, 15) is 24.1 Å². The van der Waals surface area contributed by atoms with E-state index in [1.165, 1.54) is 0 Å². The summed E-state index contributed by atoms with van der Waals surface area (Å²) in [5, 5.41) is 27.7. The molecule has 0 spiro atoms. The number of carboxylic acids is 2. The van der Waals surface area contributed by atoms with Gasteiger partial charge in [-0.1, -0.05) is 0 Å². The fraction of sp³-hybridized carbons (Fsp3) is 0. The molecular formula is C8H4FNO6. The van der Waals surface area contributed by atoms with Crippen LogP contribution >= 0.6 is 0 Å². The molecule has 2 N–H and O–H groups in total. The van der Waals surface area contributed by atoms with E-state index in [0.717, 1.165) is 0 Å². The summed E-state index contributed by atoms with van der Waals surface area (Å²) >= 11 is 0. The Hall–Kier alpha value is -2.51. The molecule has 0 fully saturated rings. The summed E-state index contributed by atoms with van der Waals surface area (Å²) in [6.45, 7) is 0. The Bertz CT molecular complexity index is 498. The summed E-state index contributed by atoms with van der Waals surface area (Å²) in [6, 6.07) is 1.20. The number of benzene rings is 1. The summed E-state index contributed by atoms with van der Waals surface area (Å²) in [6.07, 6.45) is 0. The molecule has 1 rings (SSSR count). The molecule has 0 radical (unpaired) electrons. The first-order valence-electron chi connectivity index (χ1n) is 3.79. The maximum absolute atomic E-state index is 13.0. The number of nitrogens with zero attached hydrogens (tertiary/aromatic N) is 1. The molecule has 16 heavy (non-hydrogen) atoms. The quantitative estimate of drug-likeness (QED) is 0.592. The minimum Gasteiger partial charge on any atom is -0.478 e. The standard InChI is InChI=1S/C8H4FNO6/c9-4-2-1-3(7(11)12)5(8(13)14)6(4)10(15)16/h1-2H,(H,11,12)(H,13,14). The van der Waals surface area contributed by atoms with Crippen LogP contribution in [0.4, 0.5) is 10.1 Å². The second-order valence-electron chi connectivity index (χ2n) is 2.69. The lowest BCUT2D eigenvalue weighted by Gasteiger charge is -2.02. The maximum atomic E-state index is 13.0. The third-order valence-corrected chi connectivity index (χ3v) is 1.76. The lowest BCUT2D eigenvalue weighted by Crippen LogP contribution is -2.12. The van der Waals surface area contributed by atoms with Crippen LogP contribution in [0.1, 0.15) is 20.7 Å². The zero-order valence-corrected chi connectivity index (χ0v) is 7.51. The van der Waals surface area contributed by atoms with Gasteiger partial charge in [0.1, 0.15) is 0 Å². The normalized spacial score (nSPS) is 9.81. The average molecular weight is 229 g/mol. The van der Waals surface area contributed by atoms with E-state index in [0.29, 0.717) is 12.1 Å². The molecule has 0 unspecified atom stereocenters. The Morgan fingerprint density at radius 3 is 2.19 bits per heavy atom. The summed E-state index contributed by atoms with van der Waals surface area (Å²) in [5.41, 5.74) is -3.36. The van der Waals surface area contributed by atoms with Crippen molar-refractivity contribution < 1.29 is 29.1 Å². The molecule has 0 bridgehead atoms. The van der Waals surface area contributed by atoms with E-state index in [4.69, 9.17) is 10.2 Å². The number of carboxylic acid groups (broad SMARTS) is 2. The molecule has 1 aromatic rings. The van der Waals surface area contributed by atoms with Crippen LogP contribution in [0.5, 0.6) is 0 Å². The van der Waals surface area contributed by atoms with Crippen molar-refractivity contribution in [3.8, 4) is 0 Å². The van der Waals surface area contributed by atoms with Crippen LogP contribution in [-0.4, -0.2) is 27.1 Å². The molecule has 0 aliphatic carbocycles. The topological polar surface area (TPSA) is 118 Å². The van der Waals surface area contributed by atoms with Gasteiger partial charge in [-0.05, 0) is 12.1 Å². The monoisotopic (exact) mass is 229 g/mol. The second kappa shape index (κ2) is 3.93. The highest BCUT2D eigenvalue weighted by atomic mass is 19.1. The zero-order valence-electron chi connectivity index (χ0n) is 7.51. The van der Waals surface area contributed by atoms with Crippen molar-refractivity contribution in [3.63, 3.8) is 0 Å². The highest BCUT2D eigenvalue weighted by Crippen LogP contribution is 2.26. The minimum atomic E-state index is -1.87. The molecule has 0 heterocycles. The molecule has 0 saturated carbocycles. The Balaban J connectivity index is 3.70. The minimum absolute atomic E-state index is 0.536. The Kier molecular flexibility index (Phi) is 2.84. The van der Waals surface area contributed by atoms with Crippen LogP contribution in [0.15, 0.2) is 12.1 Å². The van der Waals surface area contributed by atoms with Crippen molar-refractivity contribution in [1.82, 2.24) is 0 Å². The van der Waals surface area contributed by atoms with Gasteiger partial charge in [0, 0.05) is 0 Å². The lowest BCUT2D eigenvalue weighted by atomic mass is 10.1. The van der Waals surface area contributed by atoms with Crippen LogP contribution < -0.4 is 0 Å². The molecule has 0 aliphatic rings. The smallest absolute Gasteiger partial charge is 0.343 e. The van der Waals surface area contributed by atoms with Gasteiger partial charge < -0.3 is 10.2 Å². The third-order valence-electron chi connectivity index (χ3n) is 1.76. The van der Waals surface area contributed by atoms with Crippen molar-refractivity contribution >= 4 is 17.6 Å². The van der Waals surface area contributed by atoms with Gasteiger partial charge in [-0.25, -0.2) is 9.59 Å². The number of nitro groups is 1. The van der Waals surface area contributed by atoms with Crippen molar-refractivity contribution in [2.75, 3.05) is 0 Å². The van der Waals surface area contributed by atoms with Crippen molar-refractivity contribution in [2.24, 2.45) is 0 Å². The second-order valence-corrected chi connectivity index (χ2v) is 2.69. The summed E-state index contributed by atoms with van der Waals surface area (Å²) in [4.78, 5) is 30.4. The van der Waals surface area contributed by atoms with Gasteiger partial charge >= 0.3 is 17.6 Å². The van der Waals surface area contributed by atoms with E-state index >= 15 is 0 Å². The summed E-state index contributed by atoms with van der Waals surface area (Å²) in [5.74, 6) is -4.95. The number of hydrogen-bond acceptors (Lipinski definition) is 4. The number of hydrogen-bond donors (Lipinski definition) is 2. The van der Waals surface area contributed by atoms with E-state index in [2.05, 4.69) is 0 Å². The summed E-state index contributed by atoms with van der Waals surface area (Å²) < 4.78 is 13.0. The van der Waals surface area contributed by atoms with Gasteiger partial charge in [0.15, 0.2) is 5.56 Å². The maximum Gasteiger partial charge on any atom is 0.343 e. The molecule has 7 nitrogen and oxygen atoms in total. The molecule has 84 valence electrons. The fourth-order valence-electron chi connectivity index (χ4n) is 1.14. The predicted octanol–water partition coefficient (Wildman–Crippen LogP) is 1.13. The first-order valence-corrected chi connectivity index (χ1v) is 3.79. The Morgan fingerprint density at radius 2 is 1.81 bits per heavy atom. The van der Waals surface area contributed by atoms with Gasteiger partial charge in [0.25, 0.3) is 0 Å². The zero-order chi connectivity index (χ0) is 12.5.